The number of hydrogen-bond acceptors (Lipinski definition) is 9. The highest BCUT2D eigenvalue weighted by Crippen LogP contribution is 2.56. The van der Waals surface area contributed by atoms with Gasteiger partial charge in [-0.1, -0.05) is 16.8 Å². The van der Waals surface area contributed by atoms with Gasteiger partial charge < -0.3 is 14.2 Å². The number of halogens is 1. The number of nitrogens with one attached hydrogen (secondary N) is 2. The van der Waals surface area contributed by atoms with Crippen LogP contribution in [0.3, 0.4) is 0 Å². The number of morpholine rings is 1. The maximum atomic E-state index is 13.4. The van der Waals surface area contributed by atoms with Gasteiger partial charge in [0.25, 0.3) is 0 Å². The van der Waals surface area contributed by atoms with Crippen molar-refractivity contribution >= 4 is 46.1 Å². The van der Waals surface area contributed by atoms with Gasteiger partial charge in [0.1, 0.15) is 11.4 Å². The molecule has 3 atom stereocenters. The number of hydrogen-bond donors (Lipinski definition) is 2. The molecule has 11 nitrogen and oxygen atoms in total. The third-order valence-corrected chi connectivity index (χ3v) is 7.69. The Kier molecular flexibility index (Phi) is 4.30. The van der Waals surface area contributed by atoms with E-state index in [0.717, 1.165) is 0 Å². The number of rotatable bonds is 1. The first-order valence-corrected chi connectivity index (χ1v) is 11.1. The Labute approximate surface area is 197 Å². The first kappa shape index (κ1) is 21.0. The summed E-state index contributed by atoms with van der Waals surface area (Å²) < 4.78 is 11.6. The van der Waals surface area contributed by atoms with Crippen LogP contribution in [0.15, 0.2) is 35.2 Å². The van der Waals surface area contributed by atoms with Crippen molar-refractivity contribution < 1.29 is 23.6 Å². The molecule has 4 amide bonds. The van der Waals surface area contributed by atoms with Crippen LogP contribution in [0.5, 0.6) is 0 Å². The molecule has 1 aromatic carbocycles. The lowest BCUT2D eigenvalue weighted by Gasteiger charge is -2.60. The van der Waals surface area contributed by atoms with Crippen LogP contribution >= 0.6 is 11.6 Å². The molecule has 3 aromatic rings. The topological polar surface area (TPSA) is 140 Å². The van der Waals surface area contributed by atoms with Crippen molar-refractivity contribution in [3.63, 3.8) is 0 Å². The summed E-state index contributed by atoms with van der Waals surface area (Å²) in [5.74, 6) is -1.53. The average molecular weight is 483 g/mol. The van der Waals surface area contributed by atoms with Crippen LogP contribution in [0.1, 0.15) is 19.4 Å². The molecular formula is C22H19ClN6O5. The quantitative estimate of drug-likeness (QED) is 0.301. The van der Waals surface area contributed by atoms with E-state index in [4.69, 9.17) is 20.9 Å². The number of carbonyl (C=O) groups is 3. The van der Waals surface area contributed by atoms with Crippen molar-refractivity contribution in [1.29, 1.82) is 0 Å². The maximum Gasteiger partial charge on any atom is 0.328 e. The summed E-state index contributed by atoms with van der Waals surface area (Å²) in [5.41, 5.74) is 1.05. The summed E-state index contributed by atoms with van der Waals surface area (Å²) >= 11 is 7.25. The Bertz CT molecular complexity index is 1360. The van der Waals surface area contributed by atoms with Crippen LogP contribution < -0.4 is 15.5 Å². The summed E-state index contributed by atoms with van der Waals surface area (Å²) in [6.45, 7) is 3.92. The average Bonchev–Trinajstić information content (AvgIpc) is 3.21. The standard InChI is InChI=1S/C22H19ClN6O5/c1-10-9-29-15-6-16-13(17(28-34-16)14-8-24-3-4-25-14)5-12(15)7-21(22(29,23)11(2)33-10)18(30)26-20(32)27-19(21)31/h3-6,8,10-11H,7,9H2,1-2H3,(H2,26,27,30,31,32). The first-order valence-electron chi connectivity index (χ1n) is 10.7. The summed E-state index contributed by atoms with van der Waals surface area (Å²) in [4.78, 5) is 47.3. The van der Waals surface area contributed by atoms with Gasteiger partial charge in [-0.25, -0.2) is 4.79 Å². The number of ether oxygens (including phenoxy) is 1. The minimum absolute atomic E-state index is 0.0591. The number of amides is 4. The van der Waals surface area contributed by atoms with Crippen molar-refractivity contribution in [3.8, 4) is 11.4 Å². The lowest BCUT2D eigenvalue weighted by molar-refractivity contribution is -0.156. The molecule has 2 fully saturated rings. The van der Waals surface area contributed by atoms with Gasteiger partial charge in [-0.3, -0.25) is 30.2 Å². The third-order valence-electron chi connectivity index (χ3n) is 6.86. The molecule has 34 heavy (non-hydrogen) atoms. The molecule has 3 unspecified atom stereocenters. The van der Waals surface area contributed by atoms with Crippen LogP contribution in [-0.2, 0) is 20.7 Å². The van der Waals surface area contributed by atoms with Crippen molar-refractivity contribution in [3.05, 3.63) is 36.3 Å². The molecule has 174 valence electrons. The normalized spacial score (nSPS) is 27.9. The monoisotopic (exact) mass is 482 g/mol. The van der Waals surface area contributed by atoms with E-state index in [1.807, 2.05) is 17.9 Å². The number of anilines is 1. The molecule has 2 N–H and O–H groups in total. The van der Waals surface area contributed by atoms with Crippen LogP contribution in [-0.4, -0.2) is 56.7 Å². The molecule has 0 saturated carbocycles. The van der Waals surface area contributed by atoms with E-state index >= 15 is 0 Å². The van der Waals surface area contributed by atoms with E-state index < -0.39 is 34.4 Å². The third kappa shape index (κ3) is 2.56. The van der Waals surface area contributed by atoms with E-state index in [1.165, 1.54) is 0 Å². The van der Waals surface area contributed by atoms with E-state index in [-0.39, 0.29) is 12.5 Å². The second kappa shape index (κ2) is 6.97. The Balaban J connectivity index is 1.60. The number of benzene rings is 1. The molecule has 0 bridgehead atoms. The molecule has 2 saturated heterocycles. The second-order valence-electron chi connectivity index (χ2n) is 8.79. The Morgan fingerprint density at radius 2 is 1.91 bits per heavy atom. The summed E-state index contributed by atoms with van der Waals surface area (Å²) in [5, 5.41) is 9.30. The van der Waals surface area contributed by atoms with Crippen molar-refractivity contribution in [1.82, 2.24) is 25.8 Å². The molecule has 3 aliphatic rings. The number of alkyl halides is 1. The minimum Gasteiger partial charge on any atom is -0.370 e. The molecule has 12 heteroatoms. The molecule has 6 rings (SSSR count). The fourth-order valence-electron chi connectivity index (χ4n) is 5.40. The zero-order valence-electron chi connectivity index (χ0n) is 18.2. The molecule has 5 heterocycles. The SMILES string of the molecule is CC1CN2c3cc4onc(-c5cnccn5)c4cc3CC3(C(=O)NC(=O)NC3=O)C2(Cl)C(C)O1. The van der Waals surface area contributed by atoms with Crippen molar-refractivity contribution in [2.45, 2.75) is 37.5 Å². The Morgan fingerprint density at radius 3 is 2.62 bits per heavy atom. The molecule has 3 aliphatic heterocycles. The van der Waals surface area contributed by atoms with Crippen LogP contribution in [0.2, 0.25) is 0 Å². The zero-order chi connectivity index (χ0) is 23.8. The zero-order valence-corrected chi connectivity index (χ0v) is 18.9. The minimum atomic E-state index is -1.83. The van der Waals surface area contributed by atoms with E-state index in [1.54, 1.807) is 31.6 Å². The highest BCUT2D eigenvalue weighted by Gasteiger charge is 2.71. The number of barbiturate groups is 1. The molecule has 2 aromatic heterocycles. The lowest BCUT2D eigenvalue weighted by Crippen LogP contribution is -2.80. The molecular weight excluding hydrogens is 464 g/mol. The number of imide groups is 2. The van der Waals surface area contributed by atoms with Crippen LogP contribution in [0.4, 0.5) is 10.5 Å². The number of carbonyl (C=O) groups excluding carboxylic acids is 3. The van der Waals surface area contributed by atoms with Crippen molar-refractivity contribution in [2.75, 3.05) is 11.4 Å². The maximum absolute atomic E-state index is 13.4. The van der Waals surface area contributed by atoms with Gasteiger partial charge in [0.05, 0.1) is 23.8 Å². The Morgan fingerprint density at radius 1 is 1.15 bits per heavy atom. The number of aromatic nitrogens is 3. The fourth-order valence-corrected chi connectivity index (χ4v) is 5.85. The number of urea groups is 1. The lowest BCUT2D eigenvalue weighted by atomic mass is 9.66. The van der Waals surface area contributed by atoms with Gasteiger partial charge in [-0.05, 0) is 25.5 Å². The van der Waals surface area contributed by atoms with Gasteiger partial charge >= 0.3 is 6.03 Å². The van der Waals surface area contributed by atoms with Gasteiger partial charge in [0.2, 0.25) is 11.8 Å². The van der Waals surface area contributed by atoms with E-state index in [2.05, 4.69) is 25.8 Å². The summed E-state index contributed by atoms with van der Waals surface area (Å²) in [6, 6.07) is 2.75. The first-order chi connectivity index (χ1) is 16.3. The smallest absolute Gasteiger partial charge is 0.328 e. The van der Waals surface area contributed by atoms with Gasteiger partial charge in [-0.2, -0.15) is 0 Å². The molecule has 0 aliphatic carbocycles. The highest BCUT2D eigenvalue weighted by molar-refractivity contribution is 6.34. The molecule has 0 radical (unpaired) electrons. The molecule has 1 spiro atoms. The number of fused-ring (bicyclic) bond motifs is 5. The largest absolute Gasteiger partial charge is 0.370 e. The van der Waals surface area contributed by atoms with Crippen LogP contribution in [0.25, 0.3) is 22.4 Å². The van der Waals surface area contributed by atoms with Gasteiger partial charge in [-0.15, -0.1) is 0 Å². The number of nitrogens with zero attached hydrogens (tertiary/aromatic N) is 4. The van der Waals surface area contributed by atoms with Crippen LogP contribution in [0, 0.1) is 5.41 Å². The summed E-state index contributed by atoms with van der Waals surface area (Å²) in [6.07, 6.45) is 3.66. The second-order valence-corrected chi connectivity index (χ2v) is 9.37. The predicted molar refractivity (Wildman–Crippen MR) is 119 cm³/mol. The van der Waals surface area contributed by atoms with E-state index in [9.17, 15) is 14.4 Å². The van der Waals surface area contributed by atoms with Gasteiger partial charge in [0, 0.05) is 37.1 Å². The van der Waals surface area contributed by atoms with E-state index in [0.29, 0.717) is 40.2 Å². The van der Waals surface area contributed by atoms with Gasteiger partial charge in [0.15, 0.2) is 16.0 Å². The predicted octanol–water partition coefficient (Wildman–Crippen LogP) is 1.74. The summed E-state index contributed by atoms with van der Waals surface area (Å²) in [7, 11) is 0. The van der Waals surface area contributed by atoms with Crippen molar-refractivity contribution in [2.24, 2.45) is 5.41 Å². The highest BCUT2D eigenvalue weighted by atomic mass is 35.5. The fraction of sp³-hybridized carbons (Fsp3) is 0.364. The Hall–Kier alpha value is -3.57.